The van der Waals surface area contributed by atoms with Crippen LogP contribution in [0.1, 0.15) is 38.2 Å². The lowest BCUT2D eigenvalue weighted by atomic mass is 9.99. The molecule has 0 radical (unpaired) electrons. The van der Waals surface area contributed by atoms with Crippen LogP contribution in [0.2, 0.25) is 0 Å². The van der Waals surface area contributed by atoms with Gasteiger partial charge in [-0.15, -0.1) is 0 Å². The number of nitrogens with two attached hydrogens (primary N) is 1. The van der Waals surface area contributed by atoms with Crippen LogP contribution >= 0.6 is 0 Å². The molecule has 0 saturated carbocycles. The molecule has 1 saturated heterocycles. The summed E-state index contributed by atoms with van der Waals surface area (Å²) in [5.41, 5.74) is 7.45. The second kappa shape index (κ2) is 7.46. The standard InChI is InChI=1S/C17H27N3O/c1-13(12-20-8-3-4-9-20)11-19-17(21)14(2)15-6-5-7-16(18)10-15/h5-7,10,13-14H,3-4,8-9,11-12,18H2,1-2H3,(H,19,21). The Hall–Kier alpha value is -1.55. The van der Waals surface area contributed by atoms with E-state index in [0.29, 0.717) is 11.6 Å². The highest BCUT2D eigenvalue weighted by Gasteiger charge is 2.18. The van der Waals surface area contributed by atoms with Gasteiger partial charge in [-0.3, -0.25) is 4.79 Å². The van der Waals surface area contributed by atoms with Gasteiger partial charge < -0.3 is 16.0 Å². The number of hydrogen-bond donors (Lipinski definition) is 2. The zero-order chi connectivity index (χ0) is 15.2. The fourth-order valence-electron chi connectivity index (χ4n) is 2.88. The molecule has 1 heterocycles. The van der Waals surface area contributed by atoms with Crippen molar-refractivity contribution in [3.8, 4) is 0 Å². The lowest BCUT2D eigenvalue weighted by Gasteiger charge is -2.21. The van der Waals surface area contributed by atoms with Crippen LogP contribution in [0.5, 0.6) is 0 Å². The van der Waals surface area contributed by atoms with Gasteiger partial charge in [-0.2, -0.15) is 0 Å². The lowest BCUT2D eigenvalue weighted by molar-refractivity contribution is -0.122. The van der Waals surface area contributed by atoms with E-state index in [-0.39, 0.29) is 11.8 Å². The summed E-state index contributed by atoms with van der Waals surface area (Å²) in [7, 11) is 0. The maximum atomic E-state index is 12.2. The molecule has 1 amide bonds. The van der Waals surface area contributed by atoms with Gasteiger partial charge >= 0.3 is 0 Å². The number of rotatable bonds is 6. The third-order valence-corrected chi connectivity index (χ3v) is 4.20. The summed E-state index contributed by atoms with van der Waals surface area (Å²) in [6.07, 6.45) is 2.62. The second-order valence-corrected chi connectivity index (χ2v) is 6.25. The molecule has 0 aliphatic carbocycles. The summed E-state index contributed by atoms with van der Waals surface area (Å²) in [5, 5.41) is 3.07. The number of hydrogen-bond acceptors (Lipinski definition) is 3. The Morgan fingerprint density at radius 3 is 2.71 bits per heavy atom. The summed E-state index contributed by atoms with van der Waals surface area (Å²) in [4.78, 5) is 14.7. The van der Waals surface area contributed by atoms with Crippen LogP contribution in [0.25, 0.3) is 0 Å². The Bertz CT molecular complexity index is 469. The number of likely N-dealkylation sites (tertiary alicyclic amines) is 1. The third-order valence-electron chi connectivity index (χ3n) is 4.20. The Labute approximate surface area is 127 Å². The predicted molar refractivity (Wildman–Crippen MR) is 87.1 cm³/mol. The van der Waals surface area contributed by atoms with E-state index in [1.807, 2.05) is 31.2 Å². The van der Waals surface area contributed by atoms with Crippen LogP contribution in [-0.4, -0.2) is 37.0 Å². The summed E-state index contributed by atoms with van der Waals surface area (Å²) in [6.45, 7) is 8.35. The maximum absolute atomic E-state index is 12.2. The number of anilines is 1. The van der Waals surface area contributed by atoms with Crippen molar-refractivity contribution < 1.29 is 4.79 Å². The molecule has 1 aliphatic heterocycles. The number of nitrogen functional groups attached to an aromatic ring is 1. The normalized spacial score (nSPS) is 18.4. The molecule has 1 aromatic carbocycles. The van der Waals surface area contributed by atoms with E-state index in [1.54, 1.807) is 0 Å². The van der Waals surface area contributed by atoms with E-state index >= 15 is 0 Å². The minimum absolute atomic E-state index is 0.0777. The average Bonchev–Trinajstić information content (AvgIpc) is 2.96. The highest BCUT2D eigenvalue weighted by atomic mass is 16.1. The number of nitrogens with zero attached hydrogens (tertiary/aromatic N) is 1. The number of carbonyl (C=O) groups excluding carboxylic acids is 1. The third kappa shape index (κ3) is 4.74. The monoisotopic (exact) mass is 289 g/mol. The quantitative estimate of drug-likeness (QED) is 0.790. The fraction of sp³-hybridized carbons (Fsp3) is 0.588. The number of benzene rings is 1. The van der Waals surface area contributed by atoms with Gasteiger partial charge in [0.2, 0.25) is 5.91 Å². The van der Waals surface area contributed by atoms with E-state index in [0.717, 1.165) is 18.7 Å². The number of nitrogens with one attached hydrogen (secondary N) is 1. The molecule has 4 nitrogen and oxygen atoms in total. The number of amides is 1. The summed E-state index contributed by atoms with van der Waals surface area (Å²) < 4.78 is 0. The molecule has 2 atom stereocenters. The van der Waals surface area contributed by atoms with Crippen LogP contribution in [-0.2, 0) is 4.79 Å². The second-order valence-electron chi connectivity index (χ2n) is 6.25. The van der Waals surface area contributed by atoms with Gasteiger partial charge in [0.1, 0.15) is 0 Å². The van der Waals surface area contributed by atoms with Crippen molar-refractivity contribution >= 4 is 11.6 Å². The SMILES string of the molecule is CC(CNC(=O)C(C)c1cccc(N)c1)CN1CCCC1. The van der Waals surface area contributed by atoms with Crippen LogP contribution in [0.3, 0.4) is 0 Å². The first-order valence-electron chi connectivity index (χ1n) is 7.91. The van der Waals surface area contributed by atoms with Gasteiger partial charge in [0.05, 0.1) is 5.92 Å². The predicted octanol–water partition coefficient (Wildman–Crippen LogP) is 2.22. The smallest absolute Gasteiger partial charge is 0.227 e. The van der Waals surface area contributed by atoms with E-state index < -0.39 is 0 Å². The Kier molecular flexibility index (Phi) is 5.62. The molecule has 1 aromatic rings. The zero-order valence-corrected chi connectivity index (χ0v) is 13.1. The van der Waals surface area contributed by atoms with Gasteiger partial charge in [-0.1, -0.05) is 19.1 Å². The van der Waals surface area contributed by atoms with Crippen molar-refractivity contribution in [2.24, 2.45) is 5.92 Å². The molecule has 0 spiro atoms. The van der Waals surface area contributed by atoms with E-state index in [2.05, 4.69) is 17.1 Å². The molecular weight excluding hydrogens is 262 g/mol. The van der Waals surface area contributed by atoms with E-state index in [9.17, 15) is 4.79 Å². The first kappa shape index (κ1) is 15.8. The topological polar surface area (TPSA) is 58.4 Å². The molecule has 4 heteroatoms. The van der Waals surface area contributed by atoms with E-state index in [4.69, 9.17) is 5.73 Å². The average molecular weight is 289 g/mol. The molecule has 116 valence electrons. The number of carbonyl (C=O) groups is 1. The first-order valence-corrected chi connectivity index (χ1v) is 7.91. The van der Waals surface area contributed by atoms with Gasteiger partial charge in [-0.25, -0.2) is 0 Å². The van der Waals surface area contributed by atoms with Crippen LogP contribution in [0.15, 0.2) is 24.3 Å². The van der Waals surface area contributed by atoms with E-state index in [1.165, 1.54) is 25.9 Å². The maximum Gasteiger partial charge on any atom is 0.227 e. The van der Waals surface area contributed by atoms with Crippen molar-refractivity contribution in [1.29, 1.82) is 0 Å². The van der Waals surface area contributed by atoms with Crippen molar-refractivity contribution in [1.82, 2.24) is 10.2 Å². The molecule has 1 fully saturated rings. The molecular formula is C17H27N3O. The minimum atomic E-state index is -0.160. The highest BCUT2D eigenvalue weighted by molar-refractivity contribution is 5.83. The van der Waals surface area contributed by atoms with Crippen molar-refractivity contribution in [3.05, 3.63) is 29.8 Å². The minimum Gasteiger partial charge on any atom is -0.399 e. The van der Waals surface area contributed by atoms with Gasteiger partial charge in [0, 0.05) is 18.8 Å². The molecule has 0 bridgehead atoms. The first-order chi connectivity index (χ1) is 10.1. The Morgan fingerprint density at radius 1 is 1.33 bits per heavy atom. The summed E-state index contributed by atoms with van der Waals surface area (Å²) in [6, 6.07) is 7.56. The fourth-order valence-corrected chi connectivity index (χ4v) is 2.88. The summed E-state index contributed by atoms with van der Waals surface area (Å²) in [5.74, 6) is 0.404. The van der Waals surface area contributed by atoms with Gasteiger partial charge in [0.25, 0.3) is 0 Å². The molecule has 2 unspecified atom stereocenters. The van der Waals surface area contributed by atoms with Crippen LogP contribution < -0.4 is 11.1 Å². The Morgan fingerprint density at radius 2 is 2.05 bits per heavy atom. The highest BCUT2D eigenvalue weighted by Crippen LogP contribution is 2.18. The summed E-state index contributed by atoms with van der Waals surface area (Å²) >= 11 is 0. The van der Waals surface area contributed by atoms with Crippen LogP contribution in [0.4, 0.5) is 5.69 Å². The largest absolute Gasteiger partial charge is 0.399 e. The van der Waals surface area contributed by atoms with Gasteiger partial charge in [0.15, 0.2) is 0 Å². The zero-order valence-electron chi connectivity index (χ0n) is 13.1. The van der Waals surface area contributed by atoms with Crippen molar-refractivity contribution in [2.45, 2.75) is 32.6 Å². The van der Waals surface area contributed by atoms with Crippen LogP contribution in [0, 0.1) is 5.92 Å². The molecule has 1 aliphatic rings. The van der Waals surface area contributed by atoms with Crippen molar-refractivity contribution in [2.75, 3.05) is 31.9 Å². The molecule has 3 N–H and O–H groups in total. The Balaban J connectivity index is 1.78. The molecule has 21 heavy (non-hydrogen) atoms. The lowest BCUT2D eigenvalue weighted by Crippen LogP contribution is -2.36. The molecule has 0 aromatic heterocycles. The van der Waals surface area contributed by atoms with Crippen molar-refractivity contribution in [3.63, 3.8) is 0 Å². The molecule has 2 rings (SSSR count). The van der Waals surface area contributed by atoms with Gasteiger partial charge in [-0.05, 0) is 56.5 Å².